The van der Waals surface area contributed by atoms with Gasteiger partial charge in [0.05, 0.1) is 152 Å². The van der Waals surface area contributed by atoms with Gasteiger partial charge < -0.3 is 56.8 Å². The fourth-order valence-electron chi connectivity index (χ4n) is 3.84. The zero-order valence-electron chi connectivity index (χ0n) is 28.7. The van der Waals surface area contributed by atoms with E-state index in [2.05, 4.69) is 0 Å². The van der Waals surface area contributed by atoms with Crippen LogP contribution < -0.4 is 4.74 Å². The molecule has 2 rings (SSSR count). The summed E-state index contributed by atoms with van der Waals surface area (Å²) in [6.45, 7) is 11.1. The van der Waals surface area contributed by atoms with Crippen molar-refractivity contribution in [3.8, 4) is 5.75 Å². The maximum absolute atomic E-state index is 11.4. The molecule has 0 radical (unpaired) electrons. The Balaban J connectivity index is 1.13. The zero-order valence-corrected chi connectivity index (χ0v) is 28.7. The molecule has 0 unspecified atom stereocenters. The van der Waals surface area contributed by atoms with E-state index in [1.165, 1.54) is 12.2 Å². The van der Waals surface area contributed by atoms with Crippen LogP contribution >= 0.6 is 0 Å². The van der Waals surface area contributed by atoms with Crippen molar-refractivity contribution >= 4 is 11.8 Å². The van der Waals surface area contributed by atoms with Gasteiger partial charge in [0.25, 0.3) is 11.8 Å². The molecule has 0 aliphatic carbocycles. The Hall–Kier alpha value is -2.54. The van der Waals surface area contributed by atoms with Crippen molar-refractivity contribution in [1.29, 1.82) is 0 Å². The fraction of sp³-hybridized carbons (Fsp3) is 0.706. The van der Waals surface area contributed by atoms with E-state index in [0.29, 0.717) is 145 Å². The molecule has 1 aromatic rings. The van der Waals surface area contributed by atoms with Crippen LogP contribution in [0.1, 0.15) is 0 Å². The van der Waals surface area contributed by atoms with E-state index in [1.807, 2.05) is 30.3 Å². The third-order valence-electron chi connectivity index (χ3n) is 6.32. The molecule has 1 heterocycles. The molecule has 0 fully saturated rings. The highest BCUT2D eigenvalue weighted by molar-refractivity contribution is 6.12. The maximum Gasteiger partial charge on any atom is 0.253 e. The molecule has 49 heavy (non-hydrogen) atoms. The molecule has 1 aliphatic heterocycles. The summed E-state index contributed by atoms with van der Waals surface area (Å²) in [7, 11) is 0. The molecule has 0 saturated heterocycles. The largest absolute Gasteiger partial charge is 0.491 e. The van der Waals surface area contributed by atoms with Crippen LogP contribution in [-0.4, -0.2) is 175 Å². The molecule has 2 amide bonds. The second-order valence-electron chi connectivity index (χ2n) is 10.1. The average Bonchev–Trinajstić information content (AvgIpc) is 3.44. The zero-order chi connectivity index (χ0) is 34.7. The van der Waals surface area contributed by atoms with Gasteiger partial charge >= 0.3 is 0 Å². The third kappa shape index (κ3) is 26.0. The quantitative estimate of drug-likeness (QED) is 0.0722. The molecule has 1 aliphatic rings. The van der Waals surface area contributed by atoms with Gasteiger partial charge in [-0.05, 0) is 12.1 Å². The first kappa shape index (κ1) is 42.6. The first-order valence-corrected chi connectivity index (χ1v) is 16.8. The van der Waals surface area contributed by atoms with Gasteiger partial charge in [0.15, 0.2) is 0 Å². The number of hydrogen-bond acceptors (Lipinski definition) is 14. The van der Waals surface area contributed by atoms with E-state index in [9.17, 15) is 9.59 Å². The summed E-state index contributed by atoms with van der Waals surface area (Å²) in [6, 6.07) is 9.65. The van der Waals surface area contributed by atoms with Gasteiger partial charge in [-0.2, -0.15) is 0 Å². The van der Waals surface area contributed by atoms with Crippen LogP contribution in [0, 0.1) is 0 Å². The van der Waals surface area contributed by atoms with Crippen molar-refractivity contribution < 1.29 is 66.4 Å². The molecule has 0 atom stereocenters. The lowest BCUT2D eigenvalue weighted by molar-refractivity contribution is -0.137. The summed E-state index contributed by atoms with van der Waals surface area (Å²) in [5, 5.41) is 0. The molecule has 15 heteroatoms. The van der Waals surface area contributed by atoms with Gasteiger partial charge in [-0.25, -0.2) is 0 Å². The number of amides is 2. The Morgan fingerprint density at radius 3 is 0.918 bits per heavy atom. The number of hydrogen-bond donors (Lipinski definition) is 0. The number of para-hydroxylation sites is 1. The normalized spacial score (nSPS) is 12.9. The van der Waals surface area contributed by atoms with Crippen LogP contribution in [0.15, 0.2) is 42.5 Å². The van der Waals surface area contributed by atoms with E-state index >= 15 is 0 Å². The highest BCUT2D eigenvalue weighted by Crippen LogP contribution is 2.07. The Labute approximate surface area is 289 Å². The van der Waals surface area contributed by atoms with E-state index in [1.54, 1.807) is 0 Å². The molecule has 0 bridgehead atoms. The Morgan fingerprint density at radius 2 is 0.612 bits per heavy atom. The van der Waals surface area contributed by atoms with Crippen LogP contribution in [0.4, 0.5) is 0 Å². The second-order valence-corrected chi connectivity index (χ2v) is 10.1. The number of imide groups is 1. The number of carbonyl (C=O) groups excluding carboxylic acids is 2. The molecular formula is C34H55NO14. The summed E-state index contributed by atoms with van der Waals surface area (Å²) in [5.41, 5.74) is 0. The van der Waals surface area contributed by atoms with Crippen molar-refractivity contribution in [3.05, 3.63) is 42.5 Å². The Morgan fingerprint density at radius 1 is 0.347 bits per heavy atom. The van der Waals surface area contributed by atoms with Crippen LogP contribution in [0.3, 0.4) is 0 Å². The molecule has 280 valence electrons. The van der Waals surface area contributed by atoms with E-state index < -0.39 is 0 Å². The molecule has 0 saturated carbocycles. The van der Waals surface area contributed by atoms with Crippen molar-refractivity contribution in [2.45, 2.75) is 0 Å². The minimum atomic E-state index is -0.307. The van der Waals surface area contributed by atoms with Crippen molar-refractivity contribution in [2.75, 3.05) is 159 Å². The number of ether oxygens (including phenoxy) is 12. The molecular weight excluding hydrogens is 646 g/mol. The van der Waals surface area contributed by atoms with Crippen molar-refractivity contribution in [2.24, 2.45) is 0 Å². The third-order valence-corrected chi connectivity index (χ3v) is 6.32. The lowest BCUT2D eigenvalue weighted by Crippen LogP contribution is -2.33. The lowest BCUT2D eigenvalue weighted by atomic mass is 10.3. The fourth-order valence-corrected chi connectivity index (χ4v) is 3.84. The lowest BCUT2D eigenvalue weighted by Gasteiger charge is -2.13. The van der Waals surface area contributed by atoms with Crippen LogP contribution in [0.2, 0.25) is 0 Å². The van der Waals surface area contributed by atoms with Crippen LogP contribution in [0.25, 0.3) is 0 Å². The SMILES string of the molecule is O=C1C=CC(=O)N1CCOCCOCCOCCOCCOCCOCCOCCOCCOCCOCCOCCOc1ccccc1. The summed E-state index contributed by atoms with van der Waals surface area (Å²) >= 11 is 0. The minimum Gasteiger partial charge on any atom is -0.491 e. The molecule has 0 N–H and O–H groups in total. The van der Waals surface area contributed by atoms with Gasteiger partial charge in [0, 0.05) is 12.2 Å². The molecule has 1 aromatic carbocycles. The number of nitrogens with zero attached hydrogens (tertiary/aromatic N) is 1. The van der Waals surface area contributed by atoms with E-state index in [4.69, 9.17) is 56.8 Å². The van der Waals surface area contributed by atoms with Gasteiger partial charge in [-0.3, -0.25) is 14.5 Å². The Kier molecular flexibility index (Phi) is 28.4. The topological polar surface area (TPSA) is 148 Å². The predicted octanol–water partition coefficient (Wildman–Crippen LogP) is 1.17. The van der Waals surface area contributed by atoms with Gasteiger partial charge in [-0.1, -0.05) is 18.2 Å². The highest BCUT2D eigenvalue weighted by Gasteiger charge is 2.22. The minimum absolute atomic E-state index is 0.238. The summed E-state index contributed by atoms with van der Waals surface area (Å²) < 4.78 is 65.5. The molecule has 0 spiro atoms. The van der Waals surface area contributed by atoms with Gasteiger partial charge in [0.1, 0.15) is 12.4 Å². The Bertz CT molecular complexity index is 921. The number of carbonyl (C=O) groups is 2. The summed E-state index contributed by atoms with van der Waals surface area (Å²) in [4.78, 5) is 23.9. The van der Waals surface area contributed by atoms with Crippen molar-refractivity contribution in [1.82, 2.24) is 4.90 Å². The first-order valence-electron chi connectivity index (χ1n) is 16.8. The van der Waals surface area contributed by atoms with E-state index in [0.717, 1.165) is 10.6 Å². The first-order chi connectivity index (χ1) is 24.3. The van der Waals surface area contributed by atoms with Crippen LogP contribution in [-0.2, 0) is 61.7 Å². The number of rotatable bonds is 37. The van der Waals surface area contributed by atoms with Crippen molar-refractivity contribution in [3.63, 3.8) is 0 Å². The van der Waals surface area contributed by atoms with Gasteiger partial charge in [-0.15, -0.1) is 0 Å². The summed E-state index contributed by atoms with van der Waals surface area (Å²) in [5.74, 6) is 0.224. The number of benzene rings is 1. The molecule has 15 nitrogen and oxygen atoms in total. The monoisotopic (exact) mass is 701 g/mol. The maximum atomic E-state index is 11.4. The predicted molar refractivity (Wildman–Crippen MR) is 177 cm³/mol. The molecule has 0 aromatic heterocycles. The summed E-state index contributed by atoms with van der Waals surface area (Å²) in [6.07, 6.45) is 2.51. The van der Waals surface area contributed by atoms with Gasteiger partial charge in [0.2, 0.25) is 0 Å². The second kappa shape index (κ2) is 32.7. The average molecular weight is 702 g/mol. The van der Waals surface area contributed by atoms with Crippen LogP contribution in [0.5, 0.6) is 5.75 Å². The highest BCUT2D eigenvalue weighted by atomic mass is 16.6. The smallest absolute Gasteiger partial charge is 0.253 e. The van der Waals surface area contributed by atoms with E-state index in [-0.39, 0.29) is 25.0 Å². The standard InChI is InChI=1S/C34H55NO14/c36-33-6-7-34(37)35(33)8-9-38-10-11-39-12-13-40-14-15-41-16-17-42-18-19-43-20-21-44-22-23-45-24-25-46-26-27-47-28-29-48-30-31-49-32-4-2-1-3-5-32/h1-7H,8-31H2.